The zero-order chi connectivity index (χ0) is 11.3. The minimum atomic E-state index is 0.217. The van der Waals surface area contributed by atoms with Crippen LogP contribution in [0.1, 0.15) is 26.1 Å². The lowest BCUT2D eigenvalue weighted by molar-refractivity contribution is 0.243. The number of rotatable bonds is 6. The molecule has 0 bridgehead atoms. The summed E-state index contributed by atoms with van der Waals surface area (Å²) in [7, 11) is 1.92. The van der Waals surface area contributed by atoms with Gasteiger partial charge in [0.15, 0.2) is 0 Å². The first kappa shape index (κ1) is 12.1. The molecule has 0 saturated carbocycles. The molecule has 1 aromatic heterocycles. The van der Waals surface area contributed by atoms with Gasteiger partial charge in [-0.15, -0.1) is 10.2 Å². The van der Waals surface area contributed by atoms with Gasteiger partial charge in [0.25, 0.3) is 0 Å². The van der Waals surface area contributed by atoms with E-state index in [4.69, 9.17) is 5.11 Å². The third kappa shape index (κ3) is 3.60. The Balaban J connectivity index is 2.43. The molecule has 5 nitrogen and oxygen atoms in total. The Hall–Kier alpha value is -0.940. The van der Waals surface area contributed by atoms with Crippen molar-refractivity contribution in [2.75, 3.05) is 6.61 Å². The topological polar surface area (TPSA) is 63.0 Å². The Morgan fingerprint density at radius 3 is 2.73 bits per heavy atom. The average molecular weight is 212 g/mol. The number of hydrogen-bond acceptors (Lipinski definition) is 4. The smallest absolute Gasteiger partial charge is 0.146 e. The third-order valence-corrected chi connectivity index (χ3v) is 2.57. The molecule has 2 N–H and O–H groups in total. The molecule has 0 spiro atoms. The maximum atomic E-state index is 8.92. The van der Waals surface area contributed by atoms with Crippen LogP contribution < -0.4 is 5.32 Å². The lowest BCUT2D eigenvalue weighted by Crippen LogP contribution is -2.34. The van der Waals surface area contributed by atoms with Crippen molar-refractivity contribution in [3.63, 3.8) is 0 Å². The maximum absolute atomic E-state index is 8.92. The van der Waals surface area contributed by atoms with Gasteiger partial charge in [0.05, 0.1) is 6.54 Å². The van der Waals surface area contributed by atoms with Crippen LogP contribution in [0.5, 0.6) is 0 Å². The number of hydrogen-bond donors (Lipinski definition) is 2. The fourth-order valence-corrected chi connectivity index (χ4v) is 1.50. The molecule has 0 aromatic carbocycles. The van der Waals surface area contributed by atoms with Crippen LogP contribution in [0, 0.1) is 5.92 Å². The molecule has 1 unspecified atom stereocenters. The molecule has 15 heavy (non-hydrogen) atoms. The summed E-state index contributed by atoms with van der Waals surface area (Å²) in [5.74, 6) is 1.42. The number of aromatic nitrogens is 3. The number of aryl methyl sites for hydroxylation is 1. The number of nitrogens with one attached hydrogen (secondary N) is 1. The molecule has 5 heteroatoms. The SMILES string of the molecule is CC(C)C(CCO)NCc1nncn1C. The molecule has 1 aromatic rings. The highest BCUT2D eigenvalue weighted by molar-refractivity contribution is 4.85. The van der Waals surface area contributed by atoms with Gasteiger partial charge in [-0.25, -0.2) is 0 Å². The van der Waals surface area contributed by atoms with Crippen LogP contribution in [-0.2, 0) is 13.6 Å². The van der Waals surface area contributed by atoms with Crippen molar-refractivity contribution in [2.24, 2.45) is 13.0 Å². The lowest BCUT2D eigenvalue weighted by atomic mass is 10.0. The third-order valence-electron chi connectivity index (χ3n) is 2.57. The van der Waals surface area contributed by atoms with E-state index in [1.54, 1.807) is 6.33 Å². The summed E-state index contributed by atoms with van der Waals surface area (Å²) in [5, 5.41) is 20.1. The zero-order valence-corrected chi connectivity index (χ0v) is 9.64. The molecule has 86 valence electrons. The van der Waals surface area contributed by atoms with Crippen LogP contribution in [0.3, 0.4) is 0 Å². The molecule has 0 radical (unpaired) electrons. The van der Waals surface area contributed by atoms with Crippen molar-refractivity contribution in [3.8, 4) is 0 Å². The minimum absolute atomic E-state index is 0.217. The van der Waals surface area contributed by atoms with E-state index < -0.39 is 0 Å². The molecular formula is C10H20N4O. The summed E-state index contributed by atoms with van der Waals surface area (Å²) in [6, 6.07) is 0.326. The Labute approximate surface area is 90.5 Å². The van der Waals surface area contributed by atoms with E-state index in [9.17, 15) is 0 Å². The Morgan fingerprint density at radius 2 is 2.27 bits per heavy atom. The zero-order valence-electron chi connectivity index (χ0n) is 9.64. The lowest BCUT2D eigenvalue weighted by Gasteiger charge is -2.21. The monoisotopic (exact) mass is 212 g/mol. The summed E-state index contributed by atoms with van der Waals surface area (Å²) in [6.45, 7) is 5.20. The van der Waals surface area contributed by atoms with Crippen molar-refractivity contribution < 1.29 is 5.11 Å². The predicted molar refractivity (Wildman–Crippen MR) is 58.2 cm³/mol. The van der Waals surface area contributed by atoms with Crippen molar-refractivity contribution in [1.29, 1.82) is 0 Å². The molecule has 0 aliphatic heterocycles. The van der Waals surface area contributed by atoms with E-state index in [-0.39, 0.29) is 6.61 Å². The second-order valence-electron chi connectivity index (χ2n) is 4.10. The molecule has 0 aliphatic rings. The van der Waals surface area contributed by atoms with Crippen molar-refractivity contribution >= 4 is 0 Å². The van der Waals surface area contributed by atoms with E-state index in [2.05, 4.69) is 29.4 Å². The molecule has 0 fully saturated rings. The largest absolute Gasteiger partial charge is 0.396 e. The molecule has 1 atom stereocenters. The van der Waals surface area contributed by atoms with Gasteiger partial charge in [0.2, 0.25) is 0 Å². The standard InChI is InChI=1S/C10H20N4O/c1-8(2)9(4-5-15)11-6-10-13-12-7-14(10)3/h7-9,11,15H,4-6H2,1-3H3. The van der Waals surface area contributed by atoms with Crippen molar-refractivity contribution in [2.45, 2.75) is 32.9 Å². The highest BCUT2D eigenvalue weighted by Gasteiger charge is 2.12. The molecule has 0 amide bonds. The van der Waals surface area contributed by atoms with Gasteiger partial charge in [-0.1, -0.05) is 13.8 Å². The quantitative estimate of drug-likeness (QED) is 0.712. The summed E-state index contributed by atoms with van der Waals surface area (Å²) in [4.78, 5) is 0. The Kier molecular flexibility index (Phi) is 4.71. The first-order chi connectivity index (χ1) is 7.15. The summed E-state index contributed by atoms with van der Waals surface area (Å²) in [6.07, 6.45) is 2.46. The van der Waals surface area contributed by atoms with Crippen LogP contribution in [0.4, 0.5) is 0 Å². The van der Waals surface area contributed by atoms with Gasteiger partial charge in [0.1, 0.15) is 12.2 Å². The Bertz CT molecular complexity index is 285. The van der Waals surface area contributed by atoms with Gasteiger partial charge in [-0.05, 0) is 12.3 Å². The van der Waals surface area contributed by atoms with Gasteiger partial charge in [-0.2, -0.15) is 0 Å². The van der Waals surface area contributed by atoms with E-state index in [0.717, 1.165) is 12.2 Å². The normalized spacial score (nSPS) is 13.4. The Morgan fingerprint density at radius 1 is 1.53 bits per heavy atom. The minimum Gasteiger partial charge on any atom is -0.396 e. The number of aliphatic hydroxyl groups excluding tert-OH is 1. The molecule has 1 rings (SSSR count). The summed E-state index contributed by atoms with van der Waals surface area (Å²) >= 11 is 0. The predicted octanol–water partition coefficient (Wildman–Crippen LogP) is 0.312. The van der Waals surface area contributed by atoms with Crippen LogP contribution in [-0.4, -0.2) is 32.5 Å². The van der Waals surface area contributed by atoms with E-state index in [1.807, 2.05) is 11.6 Å². The van der Waals surface area contributed by atoms with Crippen molar-refractivity contribution in [3.05, 3.63) is 12.2 Å². The van der Waals surface area contributed by atoms with Crippen LogP contribution in [0.2, 0.25) is 0 Å². The second kappa shape index (κ2) is 5.82. The maximum Gasteiger partial charge on any atom is 0.146 e. The van der Waals surface area contributed by atoms with E-state index >= 15 is 0 Å². The van der Waals surface area contributed by atoms with Gasteiger partial charge in [-0.3, -0.25) is 0 Å². The number of aliphatic hydroxyl groups is 1. The van der Waals surface area contributed by atoms with Crippen LogP contribution in [0.25, 0.3) is 0 Å². The fourth-order valence-electron chi connectivity index (χ4n) is 1.50. The van der Waals surface area contributed by atoms with E-state index in [0.29, 0.717) is 18.5 Å². The van der Waals surface area contributed by atoms with Crippen LogP contribution in [0.15, 0.2) is 6.33 Å². The van der Waals surface area contributed by atoms with Gasteiger partial charge in [0, 0.05) is 19.7 Å². The summed E-state index contributed by atoms with van der Waals surface area (Å²) in [5.41, 5.74) is 0. The van der Waals surface area contributed by atoms with Gasteiger partial charge < -0.3 is 15.0 Å². The molecule has 1 heterocycles. The first-order valence-corrected chi connectivity index (χ1v) is 5.32. The average Bonchev–Trinajstić information content (AvgIpc) is 2.58. The highest BCUT2D eigenvalue weighted by Crippen LogP contribution is 2.06. The fraction of sp³-hybridized carbons (Fsp3) is 0.800. The summed E-state index contributed by atoms with van der Waals surface area (Å²) < 4.78 is 1.89. The molecule has 0 saturated heterocycles. The van der Waals surface area contributed by atoms with Crippen molar-refractivity contribution in [1.82, 2.24) is 20.1 Å². The second-order valence-corrected chi connectivity index (χ2v) is 4.10. The highest BCUT2D eigenvalue weighted by atomic mass is 16.3. The number of nitrogens with zero attached hydrogens (tertiary/aromatic N) is 3. The van der Waals surface area contributed by atoms with Gasteiger partial charge >= 0.3 is 0 Å². The first-order valence-electron chi connectivity index (χ1n) is 5.32. The molecule has 0 aliphatic carbocycles. The molecular weight excluding hydrogens is 192 g/mol. The van der Waals surface area contributed by atoms with Crippen LogP contribution >= 0.6 is 0 Å². The van der Waals surface area contributed by atoms with E-state index in [1.165, 1.54) is 0 Å².